The maximum Gasteiger partial charge on any atom is 0.233 e. The van der Waals surface area contributed by atoms with Crippen LogP contribution in [0.3, 0.4) is 0 Å². The molecule has 1 aromatic heterocycles. The summed E-state index contributed by atoms with van der Waals surface area (Å²) in [6.07, 6.45) is 0.415. The number of sulfonamides is 1. The van der Waals surface area contributed by atoms with Crippen molar-refractivity contribution in [3.63, 3.8) is 0 Å². The lowest BCUT2D eigenvalue weighted by Crippen LogP contribution is -2.18. The third kappa shape index (κ3) is 4.40. The fourth-order valence-electron chi connectivity index (χ4n) is 2.35. The van der Waals surface area contributed by atoms with Gasteiger partial charge in [-0.15, -0.1) is 11.3 Å². The summed E-state index contributed by atoms with van der Waals surface area (Å²) in [6, 6.07) is 14.2. The van der Waals surface area contributed by atoms with E-state index in [2.05, 4.69) is 9.71 Å². The summed E-state index contributed by atoms with van der Waals surface area (Å²) in [6.45, 7) is 1.56. The number of sulfone groups is 1. The van der Waals surface area contributed by atoms with Crippen molar-refractivity contribution in [1.82, 2.24) is 4.98 Å². The van der Waals surface area contributed by atoms with Crippen LogP contribution in [0.5, 0.6) is 0 Å². The predicted molar refractivity (Wildman–Crippen MR) is 105 cm³/mol. The normalized spacial score (nSPS) is 12.3. The Labute approximate surface area is 156 Å². The lowest BCUT2D eigenvalue weighted by atomic mass is 10.2. The molecule has 9 heteroatoms. The fraction of sp³-hybridized carbons (Fsp3) is 0.235. The van der Waals surface area contributed by atoms with E-state index in [4.69, 9.17) is 0 Å². The Morgan fingerprint density at radius 1 is 1.04 bits per heavy atom. The first kappa shape index (κ1) is 18.8. The van der Waals surface area contributed by atoms with Crippen LogP contribution in [-0.2, 0) is 26.3 Å². The number of nitrogens with zero attached hydrogens (tertiary/aromatic N) is 1. The van der Waals surface area contributed by atoms with Crippen molar-refractivity contribution in [2.45, 2.75) is 17.7 Å². The van der Waals surface area contributed by atoms with Gasteiger partial charge >= 0.3 is 0 Å². The Morgan fingerprint density at radius 3 is 2.46 bits per heavy atom. The highest BCUT2D eigenvalue weighted by Crippen LogP contribution is 2.28. The summed E-state index contributed by atoms with van der Waals surface area (Å²) in [5.41, 5.74) is 1.88. The van der Waals surface area contributed by atoms with Gasteiger partial charge in [0.2, 0.25) is 24.2 Å². The first-order valence-electron chi connectivity index (χ1n) is 7.97. The summed E-state index contributed by atoms with van der Waals surface area (Å²) in [4.78, 5) is 4.12. The van der Waals surface area contributed by atoms with Crippen molar-refractivity contribution >= 4 is 47.1 Å². The zero-order chi connectivity index (χ0) is 18.8. The molecular formula is C17H18N2O4S3. The number of fused-ring (bicyclic) bond motifs is 1. The van der Waals surface area contributed by atoms with Gasteiger partial charge in [-0.2, -0.15) is 0 Å². The van der Waals surface area contributed by atoms with Crippen LogP contribution in [0.25, 0.3) is 10.2 Å². The van der Waals surface area contributed by atoms with Gasteiger partial charge in [0.1, 0.15) is 0 Å². The zero-order valence-corrected chi connectivity index (χ0v) is 16.5. The number of hydrogen-bond donors (Lipinski definition) is 1. The van der Waals surface area contributed by atoms with Crippen LogP contribution in [0.15, 0.2) is 52.9 Å². The Bertz CT molecular complexity index is 1120. The number of hydrogen-bond acceptors (Lipinski definition) is 6. The van der Waals surface area contributed by atoms with E-state index in [0.717, 1.165) is 16.9 Å². The highest BCUT2D eigenvalue weighted by molar-refractivity contribution is 7.93. The number of benzene rings is 2. The number of nitrogens with one attached hydrogen (secondary N) is 1. The summed E-state index contributed by atoms with van der Waals surface area (Å²) in [5, 5.41) is 0. The monoisotopic (exact) mass is 410 g/mol. The largest absolute Gasteiger partial charge is 0.283 e. The number of rotatable bonds is 7. The van der Waals surface area contributed by atoms with E-state index in [-0.39, 0.29) is 15.8 Å². The van der Waals surface area contributed by atoms with E-state index in [0.29, 0.717) is 22.3 Å². The van der Waals surface area contributed by atoms with Crippen LogP contribution in [0.2, 0.25) is 0 Å². The molecule has 0 bridgehead atoms. The molecule has 0 unspecified atom stereocenters. The Hall–Kier alpha value is -1.97. The van der Waals surface area contributed by atoms with E-state index < -0.39 is 19.9 Å². The minimum absolute atomic E-state index is 0.0220. The maximum absolute atomic E-state index is 12.3. The molecule has 0 atom stereocenters. The average molecular weight is 411 g/mol. The van der Waals surface area contributed by atoms with Gasteiger partial charge in [0, 0.05) is 0 Å². The van der Waals surface area contributed by atoms with Crippen LogP contribution in [-0.4, -0.2) is 33.3 Å². The van der Waals surface area contributed by atoms with Crippen LogP contribution in [0.1, 0.15) is 12.5 Å². The molecule has 3 rings (SSSR count). The van der Waals surface area contributed by atoms with Crippen molar-refractivity contribution in [3.8, 4) is 0 Å². The molecular weight excluding hydrogens is 392 g/mol. The lowest BCUT2D eigenvalue weighted by Gasteiger charge is -2.08. The summed E-state index contributed by atoms with van der Waals surface area (Å²) >= 11 is 1.05. The van der Waals surface area contributed by atoms with E-state index in [1.807, 2.05) is 30.3 Å². The summed E-state index contributed by atoms with van der Waals surface area (Å²) in [5.74, 6) is -0.0565. The molecule has 138 valence electrons. The molecule has 0 radical (unpaired) electrons. The molecule has 0 amide bonds. The molecule has 0 aliphatic rings. The highest BCUT2D eigenvalue weighted by Gasteiger charge is 2.18. The topological polar surface area (TPSA) is 93.2 Å². The molecule has 1 heterocycles. The number of aryl methyl sites for hydroxylation is 1. The highest BCUT2D eigenvalue weighted by atomic mass is 32.2. The Balaban J connectivity index is 1.77. The quantitative estimate of drug-likeness (QED) is 0.646. The molecule has 0 aliphatic heterocycles. The Kier molecular flexibility index (Phi) is 5.31. The molecule has 0 aliphatic carbocycles. The van der Waals surface area contributed by atoms with Crippen LogP contribution in [0.4, 0.5) is 5.69 Å². The molecule has 6 nitrogen and oxygen atoms in total. The van der Waals surface area contributed by atoms with Gasteiger partial charge in [-0.3, -0.25) is 4.72 Å². The first-order valence-corrected chi connectivity index (χ1v) is 12.1. The maximum atomic E-state index is 12.3. The smallest absolute Gasteiger partial charge is 0.233 e. The second-order valence-electron chi connectivity index (χ2n) is 5.72. The van der Waals surface area contributed by atoms with Crippen LogP contribution < -0.4 is 4.72 Å². The van der Waals surface area contributed by atoms with E-state index in [9.17, 15) is 16.8 Å². The fourth-order valence-corrected chi connectivity index (χ4v) is 5.79. The molecule has 2 aromatic carbocycles. The average Bonchev–Trinajstić information content (AvgIpc) is 3.05. The summed E-state index contributed by atoms with van der Waals surface area (Å²) in [7, 11) is -6.89. The molecule has 0 fully saturated rings. The molecule has 1 N–H and O–H groups in total. The van der Waals surface area contributed by atoms with Gasteiger partial charge in [0.25, 0.3) is 0 Å². The van der Waals surface area contributed by atoms with Crippen molar-refractivity contribution in [3.05, 3.63) is 54.1 Å². The van der Waals surface area contributed by atoms with Gasteiger partial charge in [-0.25, -0.2) is 21.8 Å². The van der Waals surface area contributed by atoms with E-state index in [1.54, 1.807) is 25.1 Å². The lowest BCUT2D eigenvalue weighted by molar-refractivity contribution is 0.596. The van der Waals surface area contributed by atoms with Crippen molar-refractivity contribution < 1.29 is 16.8 Å². The van der Waals surface area contributed by atoms with Gasteiger partial charge in [0.15, 0.2) is 0 Å². The second kappa shape index (κ2) is 7.34. The third-order valence-electron chi connectivity index (χ3n) is 3.79. The van der Waals surface area contributed by atoms with Gasteiger partial charge in [0.05, 0.1) is 27.4 Å². The SMILES string of the molecule is CCS(=O)(=O)c1nc2ccc(NS(=O)(=O)CCc3ccccc3)cc2s1. The van der Waals surface area contributed by atoms with Crippen molar-refractivity contribution in [1.29, 1.82) is 0 Å². The van der Waals surface area contributed by atoms with Gasteiger partial charge in [-0.05, 0) is 30.2 Å². The van der Waals surface area contributed by atoms with Gasteiger partial charge in [-0.1, -0.05) is 37.3 Å². The minimum Gasteiger partial charge on any atom is -0.283 e. The molecule has 3 aromatic rings. The minimum atomic E-state index is -3.51. The zero-order valence-electron chi connectivity index (χ0n) is 14.0. The van der Waals surface area contributed by atoms with Crippen molar-refractivity contribution in [2.24, 2.45) is 0 Å². The van der Waals surface area contributed by atoms with E-state index in [1.165, 1.54) is 0 Å². The standard InChI is InChI=1S/C17H18N2O4S3/c1-2-25(20,21)17-18-15-9-8-14(12-16(15)24-17)19-26(22,23)11-10-13-6-4-3-5-7-13/h3-9,12,19H,2,10-11H2,1H3. The molecule has 0 spiro atoms. The predicted octanol–water partition coefficient (Wildman–Crippen LogP) is 3.07. The molecule has 0 saturated carbocycles. The third-order valence-corrected chi connectivity index (χ3v) is 8.29. The summed E-state index contributed by atoms with van der Waals surface area (Å²) < 4.78 is 51.7. The Morgan fingerprint density at radius 2 is 1.77 bits per heavy atom. The second-order valence-corrected chi connectivity index (χ2v) is 11.0. The van der Waals surface area contributed by atoms with Crippen LogP contribution in [0, 0.1) is 0 Å². The first-order chi connectivity index (χ1) is 12.3. The number of aromatic nitrogens is 1. The number of anilines is 1. The van der Waals surface area contributed by atoms with Gasteiger partial charge < -0.3 is 0 Å². The van der Waals surface area contributed by atoms with Crippen LogP contribution >= 0.6 is 11.3 Å². The number of thiazole rings is 1. The molecule has 0 saturated heterocycles. The van der Waals surface area contributed by atoms with Crippen molar-refractivity contribution in [2.75, 3.05) is 16.2 Å². The van der Waals surface area contributed by atoms with E-state index >= 15 is 0 Å². The molecule has 26 heavy (non-hydrogen) atoms.